The minimum Gasteiger partial charge on any atom is -0.472 e. The van der Waals surface area contributed by atoms with Gasteiger partial charge in [0, 0.05) is 11.6 Å². The Morgan fingerprint density at radius 3 is 2.03 bits per heavy atom. The fourth-order valence-corrected chi connectivity index (χ4v) is 3.62. The summed E-state index contributed by atoms with van der Waals surface area (Å²) < 4.78 is 10.9. The number of pyridine rings is 1. The molecule has 0 N–H and O–H groups in total. The van der Waals surface area contributed by atoms with E-state index in [1.54, 1.807) is 18.3 Å². The van der Waals surface area contributed by atoms with Gasteiger partial charge in [0.2, 0.25) is 6.10 Å². The Morgan fingerprint density at radius 1 is 0.933 bits per heavy atom. The van der Waals surface area contributed by atoms with E-state index in [0.717, 1.165) is 0 Å². The van der Waals surface area contributed by atoms with Crippen LogP contribution in [-0.2, 0) is 14.9 Å². The number of benzene rings is 2. The van der Waals surface area contributed by atoms with Crippen molar-refractivity contribution in [3.8, 4) is 5.75 Å². The van der Waals surface area contributed by atoms with Crippen LogP contribution in [0.5, 0.6) is 5.75 Å². The minimum atomic E-state index is -0.907. The van der Waals surface area contributed by atoms with Crippen molar-refractivity contribution in [2.45, 2.75) is 39.2 Å². The van der Waals surface area contributed by atoms with Crippen molar-refractivity contribution < 1.29 is 14.3 Å². The second-order valence-corrected chi connectivity index (χ2v) is 8.02. The largest absolute Gasteiger partial charge is 0.472 e. The van der Waals surface area contributed by atoms with E-state index in [9.17, 15) is 4.79 Å². The topological polar surface area (TPSA) is 48.4 Å². The molecule has 0 aliphatic heterocycles. The molecule has 0 spiro atoms. The molecule has 2 aromatic carbocycles. The monoisotopic (exact) mass is 403 g/mol. The lowest BCUT2D eigenvalue weighted by molar-refractivity contribution is -0.149. The number of hydrogen-bond acceptors (Lipinski definition) is 4. The summed E-state index contributed by atoms with van der Waals surface area (Å²) in [7, 11) is 1.35. The Morgan fingerprint density at radius 2 is 1.53 bits per heavy atom. The third-order valence-electron chi connectivity index (χ3n) is 5.89. The zero-order valence-electron chi connectivity index (χ0n) is 18.3. The highest BCUT2D eigenvalue weighted by Gasteiger charge is 2.32. The first-order valence-electron chi connectivity index (χ1n) is 10.2. The van der Waals surface area contributed by atoms with Gasteiger partial charge < -0.3 is 9.47 Å². The number of aromatic nitrogens is 1. The van der Waals surface area contributed by atoms with E-state index in [4.69, 9.17) is 9.47 Å². The number of esters is 1. The van der Waals surface area contributed by atoms with Crippen LogP contribution in [0.15, 0.2) is 72.9 Å². The average Bonchev–Trinajstić information content (AvgIpc) is 2.77. The maximum absolute atomic E-state index is 12.3. The van der Waals surface area contributed by atoms with Gasteiger partial charge in [0.25, 0.3) is 0 Å². The summed E-state index contributed by atoms with van der Waals surface area (Å²) in [5, 5.41) is 0. The lowest BCUT2D eigenvalue weighted by atomic mass is 9.68. The summed E-state index contributed by atoms with van der Waals surface area (Å²) in [6, 6.07) is 22.0. The van der Waals surface area contributed by atoms with Crippen molar-refractivity contribution in [2.75, 3.05) is 7.11 Å². The number of carbonyl (C=O) groups excluding carboxylic acids is 1. The van der Waals surface area contributed by atoms with Crippen molar-refractivity contribution in [1.82, 2.24) is 4.98 Å². The zero-order chi connectivity index (χ0) is 21.7. The second kappa shape index (κ2) is 9.12. The SMILES string of the molecule is COC(=O)C(Oc1ccc(C(C)(c2ccc(C)cc2)C(C)C)cc1)c1ccccn1. The highest BCUT2D eigenvalue weighted by atomic mass is 16.6. The number of rotatable bonds is 7. The Bertz CT molecular complexity index is 965. The Hall–Kier alpha value is -3.14. The molecule has 1 heterocycles. The van der Waals surface area contributed by atoms with Gasteiger partial charge in [0.15, 0.2) is 0 Å². The molecular weight excluding hydrogens is 374 g/mol. The number of nitrogens with zero attached hydrogens (tertiary/aromatic N) is 1. The Balaban J connectivity index is 1.90. The predicted octanol–water partition coefficient (Wildman–Crippen LogP) is 5.65. The van der Waals surface area contributed by atoms with Gasteiger partial charge in [0.1, 0.15) is 5.75 Å². The van der Waals surface area contributed by atoms with E-state index >= 15 is 0 Å². The number of aryl methyl sites for hydroxylation is 1. The predicted molar refractivity (Wildman–Crippen MR) is 119 cm³/mol. The molecule has 3 rings (SSSR count). The third-order valence-corrected chi connectivity index (χ3v) is 5.89. The molecule has 4 heteroatoms. The lowest BCUT2D eigenvalue weighted by Gasteiger charge is -2.35. The summed E-state index contributed by atoms with van der Waals surface area (Å²) in [5.74, 6) is 0.502. The van der Waals surface area contributed by atoms with Crippen LogP contribution >= 0.6 is 0 Å². The van der Waals surface area contributed by atoms with Gasteiger partial charge >= 0.3 is 5.97 Å². The molecule has 3 aromatic rings. The molecule has 156 valence electrons. The van der Waals surface area contributed by atoms with Crippen molar-refractivity contribution in [3.63, 3.8) is 0 Å². The van der Waals surface area contributed by atoms with E-state index < -0.39 is 12.1 Å². The van der Waals surface area contributed by atoms with Crippen LogP contribution in [0.2, 0.25) is 0 Å². The van der Waals surface area contributed by atoms with E-state index in [0.29, 0.717) is 17.4 Å². The van der Waals surface area contributed by atoms with Crippen LogP contribution in [0.4, 0.5) is 0 Å². The normalized spacial score (nSPS) is 14.1. The average molecular weight is 404 g/mol. The van der Waals surface area contributed by atoms with E-state index in [2.05, 4.69) is 69.1 Å². The van der Waals surface area contributed by atoms with Gasteiger partial charge in [0.05, 0.1) is 12.8 Å². The minimum absolute atomic E-state index is 0.144. The van der Waals surface area contributed by atoms with Crippen molar-refractivity contribution >= 4 is 5.97 Å². The fraction of sp³-hybridized carbons (Fsp3) is 0.308. The van der Waals surface area contributed by atoms with Gasteiger partial charge in [-0.05, 0) is 48.2 Å². The van der Waals surface area contributed by atoms with Gasteiger partial charge in [-0.3, -0.25) is 4.98 Å². The molecule has 0 saturated heterocycles. The molecule has 0 saturated carbocycles. The van der Waals surface area contributed by atoms with E-state index in [1.165, 1.54) is 23.8 Å². The zero-order valence-corrected chi connectivity index (χ0v) is 18.3. The summed E-state index contributed by atoms with van der Waals surface area (Å²) >= 11 is 0. The van der Waals surface area contributed by atoms with Crippen LogP contribution in [0.25, 0.3) is 0 Å². The first-order valence-corrected chi connectivity index (χ1v) is 10.2. The molecular formula is C26H29NO3. The van der Waals surface area contributed by atoms with Crippen molar-refractivity contribution in [3.05, 3.63) is 95.3 Å². The summed E-state index contributed by atoms with van der Waals surface area (Å²) in [5.41, 5.74) is 4.09. The molecule has 0 fully saturated rings. The molecule has 2 atom stereocenters. The molecule has 4 nitrogen and oxygen atoms in total. The van der Waals surface area contributed by atoms with E-state index in [-0.39, 0.29) is 5.41 Å². The van der Waals surface area contributed by atoms with Crippen molar-refractivity contribution in [2.24, 2.45) is 5.92 Å². The molecule has 0 aliphatic rings. The molecule has 0 radical (unpaired) electrons. The van der Waals surface area contributed by atoms with Crippen LogP contribution in [-0.4, -0.2) is 18.1 Å². The van der Waals surface area contributed by atoms with Crippen LogP contribution in [0.3, 0.4) is 0 Å². The Kier molecular flexibility index (Phi) is 6.56. The molecule has 0 aliphatic carbocycles. The number of ether oxygens (including phenoxy) is 2. The first-order chi connectivity index (χ1) is 14.4. The van der Waals surface area contributed by atoms with Crippen LogP contribution in [0.1, 0.15) is 49.3 Å². The van der Waals surface area contributed by atoms with Crippen molar-refractivity contribution in [1.29, 1.82) is 0 Å². The van der Waals surface area contributed by atoms with Crippen LogP contribution in [0, 0.1) is 12.8 Å². The highest BCUT2D eigenvalue weighted by molar-refractivity contribution is 5.76. The van der Waals surface area contributed by atoms with E-state index in [1.807, 2.05) is 18.2 Å². The summed E-state index contributed by atoms with van der Waals surface area (Å²) in [4.78, 5) is 16.5. The van der Waals surface area contributed by atoms with Gasteiger partial charge in [-0.25, -0.2) is 4.79 Å². The summed E-state index contributed by atoms with van der Waals surface area (Å²) in [6.45, 7) is 8.84. The quantitative estimate of drug-likeness (QED) is 0.479. The number of carbonyl (C=O) groups is 1. The van der Waals surface area contributed by atoms with Gasteiger partial charge in [-0.1, -0.05) is 68.8 Å². The standard InChI is InChI=1S/C26H29NO3/c1-18(2)26(4,20-11-9-19(3)10-12-20)21-13-15-22(16-14-21)30-24(25(28)29-5)23-8-6-7-17-27-23/h6-18,24H,1-5H3. The number of methoxy groups -OCH3 is 1. The van der Waals surface area contributed by atoms with Crippen LogP contribution < -0.4 is 4.74 Å². The molecule has 0 bridgehead atoms. The molecule has 0 amide bonds. The second-order valence-electron chi connectivity index (χ2n) is 8.02. The Labute approximate surface area is 178 Å². The molecule has 30 heavy (non-hydrogen) atoms. The number of hydrogen-bond donors (Lipinski definition) is 0. The lowest BCUT2D eigenvalue weighted by Crippen LogP contribution is -2.30. The summed E-state index contributed by atoms with van der Waals surface area (Å²) in [6.07, 6.45) is 0.725. The highest BCUT2D eigenvalue weighted by Crippen LogP contribution is 2.39. The van der Waals surface area contributed by atoms with Gasteiger partial charge in [-0.2, -0.15) is 0 Å². The van der Waals surface area contributed by atoms with Gasteiger partial charge in [-0.15, -0.1) is 0 Å². The maximum Gasteiger partial charge on any atom is 0.353 e. The molecule has 2 unspecified atom stereocenters. The third kappa shape index (κ3) is 4.38. The smallest absolute Gasteiger partial charge is 0.353 e. The maximum atomic E-state index is 12.3. The first kappa shape index (κ1) is 21.6. The molecule has 1 aromatic heterocycles. The fourth-order valence-electron chi connectivity index (χ4n) is 3.62.